The molecule has 3 aromatic rings. The van der Waals surface area contributed by atoms with Crippen molar-refractivity contribution in [2.75, 3.05) is 20.8 Å². The van der Waals surface area contributed by atoms with Crippen molar-refractivity contribution in [3.05, 3.63) is 53.6 Å². The Bertz CT molecular complexity index is 1450. The van der Waals surface area contributed by atoms with Crippen LogP contribution < -0.4 is 24.7 Å². The van der Waals surface area contributed by atoms with E-state index in [1.807, 2.05) is 32.9 Å². The third kappa shape index (κ3) is 5.30. The molecule has 4 rings (SSSR count). The summed E-state index contributed by atoms with van der Waals surface area (Å²) in [5.41, 5.74) is 8.03. The number of pyridine rings is 2. The Morgan fingerprint density at radius 3 is 2.42 bits per heavy atom. The molecule has 10 nitrogen and oxygen atoms in total. The zero-order valence-corrected chi connectivity index (χ0v) is 24.0. The zero-order chi connectivity index (χ0) is 28.9. The van der Waals surface area contributed by atoms with Gasteiger partial charge < -0.3 is 24.7 Å². The third-order valence-electron chi connectivity index (χ3n) is 7.30. The molecular formula is C30H37N5O5. The van der Waals surface area contributed by atoms with Gasteiger partial charge in [0.05, 0.1) is 43.9 Å². The molecule has 212 valence electrons. The lowest BCUT2D eigenvalue weighted by atomic mass is 9.72. The van der Waals surface area contributed by atoms with Gasteiger partial charge in [0.1, 0.15) is 28.7 Å². The fourth-order valence-electron chi connectivity index (χ4n) is 5.23. The first kappa shape index (κ1) is 28.8. The molecule has 0 fully saturated rings. The van der Waals surface area contributed by atoms with Crippen LogP contribution in [0.15, 0.2) is 58.2 Å². The van der Waals surface area contributed by atoms with Gasteiger partial charge in [-0.15, -0.1) is 0 Å². The van der Waals surface area contributed by atoms with Crippen LogP contribution in [0, 0.1) is 0 Å². The molecule has 0 radical (unpaired) electrons. The average Bonchev–Trinajstić information content (AvgIpc) is 3.27. The van der Waals surface area contributed by atoms with E-state index in [0.717, 1.165) is 29.5 Å². The number of aromatic nitrogens is 2. The molecule has 0 saturated carbocycles. The maximum absolute atomic E-state index is 13.1. The molecular weight excluding hydrogens is 510 g/mol. The fourth-order valence-corrected chi connectivity index (χ4v) is 5.23. The van der Waals surface area contributed by atoms with Crippen molar-refractivity contribution < 1.29 is 23.7 Å². The van der Waals surface area contributed by atoms with Gasteiger partial charge in [-0.05, 0) is 44.4 Å². The summed E-state index contributed by atoms with van der Waals surface area (Å²) in [6, 6.07) is 7.10. The Labute approximate surface area is 234 Å². The summed E-state index contributed by atoms with van der Waals surface area (Å²) in [6.45, 7) is 8.51. The molecule has 0 bridgehead atoms. The van der Waals surface area contributed by atoms with E-state index in [9.17, 15) is 4.79 Å². The van der Waals surface area contributed by atoms with Crippen molar-refractivity contribution in [3.63, 3.8) is 0 Å². The molecule has 1 aromatic carbocycles. The van der Waals surface area contributed by atoms with Gasteiger partial charge in [0.25, 0.3) is 0 Å². The van der Waals surface area contributed by atoms with Crippen LogP contribution in [0.2, 0.25) is 0 Å². The summed E-state index contributed by atoms with van der Waals surface area (Å²) in [6.07, 6.45) is 6.34. The van der Waals surface area contributed by atoms with Gasteiger partial charge in [-0.2, -0.15) is 10.2 Å². The Morgan fingerprint density at radius 1 is 1.02 bits per heavy atom. The number of ether oxygens (including phenoxy) is 4. The quantitative estimate of drug-likeness (QED) is 0.259. The number of benzene rings is 1. The number of hydrogen-bond acceptors (Lipinski definition) is 9. The Balaban J connectivity index is 1.76. The van der Waals surface area contributed by atoms with Crippen molar-refractivity contribution >= 4 is 16.8 Å². The zero-order valence-electron chi connectivity index (χ0n) is 24.0. The van der Waals surface area contributed by atoms with Crippen LogP contribution >= 0.6 is 0 Å². The van der Waals surface area contributed by atoms with Gasteiger partial charge in [0, 0.05) is 23.7 Å². The van der Waals surface area contributed by atoms with E-state index in [0.29, 0.717) is 59.4 Å². The predicted molar refractivity (Wildman–Crippen MR) is 152 cm³/mol. The SMILES string of the molecule is CCCCC1(C(C(N)=O)c2ncc(Oc3ccnc4cc(OCC)c(OC)cc34)cc2OC)N=NC(CC)=C1C. The largest absolute Gasteiger partial charge is 0.495 e. The van der Waals surface area contributed by atoms with Gasteiger partial charge in [-0.3, -0.25) is 14.8 Å². The predicted octanol–water partition coefficient (Wildman–Crippen LogP) is 6.49. The minimum absolute atomic E-state index is 0.375. The molecule has 1 aliphatic heterocycles. The van der Waals surface area contributed by atoms with E-state index >= 15 is 0 Å². The second kappa shape index (κ2) is 12.3. The number of nitrogens with two attached hydrogens (primary N) is 1. The van der Waals surface area contributed by atoms with E-state index < -0.39 is 17.4 Å². The van der Waals surface area contributed by atoms with Gasteiger partial charge in [-0.25, -0.2) is 0 Å². The molecule has 0 aliphatic carbocycles. The number of methoxy groups -OCH3 is 2. The van der Waals surface area contributed by atoms with Crippen molar-refractivity contribution in [1.82, 2.24) is 9.97 Å². The molecule has 10 heteroatoms. The van der Waals surface area contributed by atoms with E-state index in [2.05, 4.69) is 27.1 Å². The number of azo groups is 1. The number of amides is 1. The summed E-state index contributed by atoms with van der Waals surface area (Å²) in [5, 5.41) is 9.84. The minimum atomic E-state index is -0.911. The van der Waals surface area contributed by atoms with Crippen LogP contribution in [0.4, 0.5) is 0 Å². The standard InChI is InChI=1S/C30H37N5O5/c1-7-10-12-30(18(4)21(8-2)34-35-30)27(29(31)36)28-26(38-6)14-19(17-33-28)40-23-11-13-32-22-16-25(39-9-3)24(37-5)15-20(22)23/h11,13-17,27H,7-10,12H2,1-6H3,(H2,31,36). The van der Waals surface area contributed by atoms with Crippen LogP contribution in [-0.4, -0.2) is 42.2 Å². The van der Waals surface area contributed by atoms with Crippen LogP contribution in [-0.2, 0) is 4.79 Å². The Hall–Kier alpha value is -4.21. The third-order valence-corrected chi connectivity index (χ3v) is 7.30. The number of allylic oxidation sites excluding steroid dienone is 1. The lowest BCUT2D eigenvalue weighted by molar-refractivity contribution is -0.120. The molecule has 3 heterocycles. The van der Waals surface area contributed by atoms with Gasteiger partial charge >= 0.3 is 0 Å². The van der Waals surface area contributed by atoms with Crippen molar-refractivity contribution in [2.24, 2.45) is 16.0 Å². The van der Waals surface area contributed by atoms with Crippen molar-refractivity contribution in [3.8, 4) is 28.7 Å². The molecule has 0 saturated heterocycles. The number of carbonyl (C=O) groups is 1. The van der Waals surface area contributed by atoms with E-state index in [1.165, 1.54) is 7.11 Å². The van der Waals surface area contributed by atoms with Crippen LogP contribution in [0.1, 0.15) is 65.0 Å². The molecule has 40 heavy (non-hydrogen) atoms. The number of carbonyl (C=O) groups excluding carboxylic acids is 1. The van der Waals surface area contributed by atoms with E-state index in [-0.39, 0.29) is 0 Å². The normalized spacial score (nSPS) is 17.2. The van der Waals surface area contributed by atoms with E-state index in [1.54, 1.807) is 31.6 Å². The Morgan fingerprint density at radius 2 is 1.80 bits per heavy atom. The second-order valence-corrected chi connectivity index (χ2v) is 9.61. The molecule has 2 unspecified atom stereocenters. The highest BCUT2D eigenvalue weighted by Crippen LogP contribution is 2.49. The maximum Gasteiger partial charge on any atom is 0.229 e. The Kier molecular flexibility index (Phi) is 8.86. The molecule has 1 aliphatic rings. The lowest BCUT2D eigenvalue weighted by Crippen LogP contribution is -2.42. The van der Waals surface area contributed by atoms with Crippen LogP contribution in [0.5, 0.6) is 28.7 Å². The summed E-state index contributed by atoms with van der Waals surface area (Å²) >= 11 is 0. The summed E-state index contributed by atoms with van der Waals surface area (Å²) in [5.74, 6) is 1.11. The summed E-state index contributed by atoms with van der Waals surface area (Å²) in [4.78, 5) is 22.2. The van der Waals surface area contributed by atoms with Crippen LogP contribution in [0.25, 0.3) is 10.9 Å². The smallest absolute Gasteiger partial charge is 0.229 e. The highest BCUT2D eigenvalue weighted by atomic mass is 16.5. The fraction of sp³-hybridized carbons (Fsp3) is 0.433. The highest BCUT2D eigenvalue weighted by Gasteiger charge is 2.50. The number of nitrogens with zero attached hydrogens (tertiary/aromatic N) is 4. The first-order chi connectivity index (χ1) is 19.3. The number of unbranched alkanes of at least 4 members (excludes halogenated alkanes) is 1. The van der Waals surface area contributed by atoms with Gasteiger partial charge in [0.15, 0.2) is 11.5 Å². The first-order valence-corrected chi connectivity index (χ1v) is 13.6. The maximum atomic E-state index is 13.1. The number of fused-ring (bicyclic) bond motifs is 1. The van der Waals surface area contributed by atoms with Crippen molar-refractivity contribution in [1.29, 1.82) is 0 Å². The molecule has 2 atom stereocenters. The van der Waals surface area contributed by atoms with Gasteiger partial charge in [0.2, 0.25) is 5.91 Å². The average molecular weight is 548 g/mol. The van der Waals surface area contributed by atoms with E-state index in [4.69, 9.17) is 24.7 Å². The summed E-state index contributed by atoms with van der Waals surface area (Å²) in [7, 11) is 3.11. The van der Waals surface area contributed by atoms with Crippen LogP contribution in [0.3, 0.4) is 0 Å². The minimum Gasteiger partial charge on any atom is -0.495 e. The van der Waals surface area contributed by atoms with Gasteiger partial charge in [-0.1, -0.05) is 26.7 Å². The molecule has 2 N–H and O–H groups in total. The number of hydrogen-bond donors (Lipinski definition) is 1. The van der Waals surface area contributed by atoms with Crippen molar-refractivity contribution in [2.45, 2.75) is 64.8 Å². The number of primary amides is 1. The monoisotopic (exact) mass is 547 g/mol. The summed E-state index contributed by atoms with van der Waals surface area (Å²) < 4.78 is 23.2. The number of rotatable bonds is 13. The highest BCUT2D eigenvalue weighted by molar-refractivity contribution is 5.88. The molecule has 0 spiro atoms. The second-order valence-electron chi connectivity index (χ2n) is 9.61. The first-order valence-electron chi connectivity index (χ1n) is 13.6. The molecule has 1 amide bonds. The topological polar surface area (TPSA) is 131 Å². The lowest BCUT2D eigenvalue weighted by Gasteiger charge is -2.34. The molecule has 2 aromatic heterocycles.